The molecule has 7 nitrogen and oxygen atoms in total. The van der Waals surface area contributed by atoms with Crippen molar-refractivity contribution in [1.82, 2.24) is 20.2 Å². The number of amides is 1. The molecule has 2 heterocycles. The second-order valence-electron chi connectivity index (χ2n) is 7.99. The molecule has 0 radical (unpaired) electrons. The van der Waals surface area contributed by atoms with E-state index in [0.717, 1.165) is 25.1 Å². The van der Waals surface area contributed by atoms with E-state index in [1.807, 2.05) is 6.92 Å². The summed E-state index contributed by atoms with van der Waals surface area (Å²) in [6.45, 7) is 7.26. The van der Waals surface area contributed by atoms with Gasteiger partial charge in [-0.1, -0.05) is 13.8 Å². The molecule has 3 N–H and O–H groups in total. The highest BCUT2D eigenvalue weighted by molar-refractivity contribution is 5.92. The van der Waals surface area contributed by atoms with Crippen molar-refractivity contribution in [2.45, 2.75) is 51.8 Å². The van der Waals surface area contributed by atoms with Gasteiger partial charge in [0, 0.05) is 30.7 Å². The average molecular weight is 347 g/mol. The molecule has 1 aromatic rings. The van der Waals surface area contributed by atoms with Crippen molar-refractivity contribution in [3.8, 4) is 0 Å². The molecule has 0 aromatic carbocycles. The highest BCUT2D eigenvalue weighted by Crippen LogP contribution is 2.52. The monoisotopic (exact) mass is 347 g/mol. The maximum atomic E-state index is 12.6. The zero-order valence-corrected chi connectivity index (χ0v) is 15.7. The molecule has 7 heteroatoms. The zero-order valence-electron chi connectivity index (χ0n) is 15.7. The van der Waals surface area contributed by atoms with E-state index in [-0.39, 0.29) is 17.4 Å². The maximum Gasteiger partial charge on any atom is 0.270 e. The van der Waals surface area contributed by atoms with Gasteiger partial charge in [0.15, 0.2) is 0 Å². The van der Waals surface area contributed by atoms with E-state index in [9.17, 15) is 9.90 Å². The molecule has 0 bridgehead atoms. The fourth-order valence-electron chi connectivity index (χ4n) is 5.03. The Hall–Kier alpha value is -1.73. The molecule has 1 aromatic heterocycles. The van der Waals surface area contributed by atoms with Gasteiger partial charge in [-0.25, -0.2) is 9.97 Å². The predicted octanol–water partition coefficient (Wildman–Crippen LogP) is 1.04. The Morgan fingerprint density at radius 1 is 1.40 bits per heavy atom. The van der Waals surface area contributed by atoms with E-state index in [2.05, 4.69) is 46.4 Å². The lowest BCUT2D eigenvalue weighted by Gasteiger charge is -2.57. The Bertz CT molecular complexity index is 660. The van der Waals surface area contributed by atoms with Crippen LogP contribution in [0.25, 0.3) is 0 Å². The topological polar surface area (TPSA) is 90.4 Å². The van der Waals surface area contributed by atoms with E-state index >= 15 is 0 Å². The van der Waals surface area contributed by atoms with Crippen molar-refractivity contribution in [3.63, 3.8) is 0 Å². The lowest BCUT2D eigenvalue weighted by atomic mass is 9.66. The molecule has 1 spiro atoms. The number of aliphatic hydroxyl groups is 1. The normalized spacial score (nSPS) is 32.0. The van der Waals surface area contributed by atoms with Crippen LogP contribution in [0.1, 0.15) is 42.9 Å². The van der Waals surface area contributed by atoms with E-state index < -0.39 is 6.10 Å². The smallest absolute Gasteiger partial charge is 0.270 e. The van der Waals surface area contributed by atoms with E-state index in [4.69, 9.17) is 0 Å². The third-order valence-corrected chi connectivity index (χ3v) is 5.63. The number of aliphatic hydroxyl groups excluding tert-OH is 1. The van der Waals surface area contributed by atoms with E-state index in [0.29, 0.717) is 23.6 Å². The van der Waals surface area contributed by atoms with Gasteiger partial charge >= 0.3 is 0 Å². The van der Waals surface area contributed by atoms with Gasteiger partial charge in [0.2, 0.25) is 5.95 Å². The summed E-state index contributed by atoms with van der Waals surface area (Å²) in [6.07, 6.45) is 1.05. The zero-order chi connectivity index (χ0) is 18.4. The number of anilines is 1. The second kappa shape index (κ2) is 6.53. The summed E-state index contributed by atoms with van der Waals surface area (Å²) in [5, 5.41) is 16.4. The summed E-state index contributed by atoms with van der Waals surface area (Å²) < 4.78 is 0. The summed E-state index contributed by atoms with van der Waals surface area (Å²) in [6, 6.07) is 1.90. The van der Waals surface area contributed by atoms with Crippen LogP contribution in [0, 0.1) is 18.3 Å². The van der Waals surface area contributed by atoms with Crippen molar-refractivity contribution < 1.29 is 9.90 Å². The minimum atomic E-state index is -0.509. The van der Waals surface area contributed by atoms with Gasteiger partial charge in [-0.3, -0.25) is 4.79 Å². The molecule has 1 amide bonds. The molecule has 1 saturated heterocycles. The molecular weight excluding hydrogens is 318 g/mol. The van der Waals surface area contributed by atoms with Crippen LogP contribution in [0.5, 0.6) is 0 Å². The molecule has 2 unspecified atom stereocenters. The quantitative estimate of drug-likeness (QED) is 0.754. The first-order valence-electron chi connectivity index (χ1n) is 8.98. The molecule has 25 heavy (non-hydrogen) atoms. The van der Waals surface area contributed by atoms with Crippen molar-refractivity contribution in [3.05, 3.63) is 17.5 Å². The number of carbonyl (C=O) groups excluding carboxylic acids is 1. The van der Waals surface area contributed by atoms with Crippen molar-refractivity contribution in [2.24, 2.45) is 11.3 Å². The highest BCUT2D eigenvalue weighted by atomic mass is 16.3. The molecule has 1 aliphatic heterocycles. The van der Waals surface area contributed by atoms with Gasteiger partial charge in [-0.05, 0) is 38.8 Å². The largest absolute Gasteiger partial charge is 0.391 e. The van der Waals surface area contributed by atoms with Gasteiger partial charge in [0.25, 0.3) is 5.91 Å². The fourth-order valence-corrected chi connectivity index (χ4v) is 5.03. The molecule has 1 saturated carbocycles. The molecule has 2 fully saturated rings. The van der Waals surface area contributed by atoms with Gasteiger partial charge in [0.1, 0.15) is 5.69 Å². The first-order chi connectivity index (χ1) is 11.8. The third-order valence-electron chi connectivity index (χ3n) is 5.63. The minimum absolute atomic E-state index is 0.109. The summed E-state index contributed by atoms with van der Waals surface area (Å²) in [5.74, 6) is 0.703. The van der Waals surface area contributed by atoms with E-state index in [1.165, 1.54) is 0 Å². The Labute approximate surface area is 149 Å². The molecule has 138 valence electrons. The first-order valence-corrected chi connectivity index (χ1v) is 8.98. The Kier molecular flexibility index (Phi) is 4.72. The highest BCUT2D eigenvalue weighted by Gasteiger charge is 2.58. The number of aryl methyl sites for hydroxylation is 1. The second-order valence-corrected chi connectivity index (χ2v) is 7.99. The van der Waals surface area contributed by atoms with Crippen LogP contribution in [0.15, 0.2) is 6.07 Å². The van der Waals surface area contributed by atoms with Crippen LogP contribution in [0.4, 0.5) is 5.95 Å². The SMILES string of the molecule is CNc1nc(C)cc(C(=O)N[C@@H]2CC3(C[C@H]2O)CN(C)C3C(C)C)n1. The van der Waals surface area contributed by atoms with Crippen molar-refractivity contribution in [1.29, 1.82) is 0 Å². The summed E-state index contributed by atoms with van der Waals surface area (Å²) in [4.78, 5) is 23.4. The maximum absolute atomic E-state index is 12.6. The standard InChI is InChI=1S/C18H29N5O2/c1-10(2)15-18(9-23(15)5)7-13(14(24)8-18)21-16(25)12-6-11(3)20-17(19-4)22-12/h6,10,13-15,24H,7-9H2,1-5H3,(H,21,25)(H,19,20,22)/t13-,14-,15?,18?/m1/s1. The van der Waals surface area contributed by atoms with Crippen LogP contribution < -0.4 is 10.6 Å². The lowest BCUT2D eigenvalue weighted by molar-refractivity contribution is -0.0827. The van der Waals surface area contributed by atoms with Gasteiger partial charge in [0.05, 0.1) is 12.1 Å². The molecule has 3 rings (SSSR count). The van der Waals surface area contributed by atoms with Gasteiger partial charge in [-0.15, -0.1) is 0 Å². The number of likely N-dealkylation sites (tertiary alicyclic amines) is 1. The summed E-state index contributed by atoms with van der Waals surface area (Å²) >= 11 is 0. The Balaban J connectivity index is 1.71. The summed E-state index contributed by atoms with van der Waals surface area (Å²) in [5.41, 5.74) is 1.17. The van der Waals surface area contributed by atoms with Crippen LogP contribution in [0.3, 0.4) is 0 Å². The number of hydrogen-bond acceptors (Lipinski definition) is 6. The Morgan fingerprint density at radius 2 is 2.12 bits per heavy atom. The fraction of sp³-hybridized carbons (Fsp3) is 0.722. The number of hydrogen-bond donors (Lipinski definition) is 3. The Morgan fingerprint density at radius 3 is 2.72 bits per heavy atom. The molecule has 2 aliphatic rings. The van der Waals surface area contributed by atoms with Crippen LogP contribution >= 0.6 is 0 Å². The van der Waals surface area contributed by atoms with Crippen LogP contribution in [-0.4, -0.2) is 64.7 Å². The molecule has 4 atom stereocenters. The number of nitrogens with one attached hydrogen (secondary N) is 2. The van der Waals surface area contributed by atoms with Crippen molar-refractivity contribution >= 4 is 11.9 Å². The van der Waals surface area contributed by atoms with Crippen LogP contribution in [0.2, 0.25) is 0 Å². The number of rotatable bonds is 4. The van der Waals surface area contributed by atoms with Crippen LogP contribution in [-0.2, 0) is 0 Å². The lowest BCUT2D eigenvalue weighted by Crippen LogP contribution is -2.64. The van der Waals surface area contributed by atoms with Gasteiger partial charge in [-0.2, -0.15) is 0 Å². The van der Waals surface area contributed by atoms with E-state index in [1.54, 1.807) is 13.1 Å². The summed E-state index contributed by atoms with van der Waals surface area (Å²) in [7, 11) is 3.86. The third kappa shape index (κ3) is 3.22. The molecular formula is C18H29N5O2. The predicted molar refractivity (Wildman–Crippen MR) is 96.5 cm³/mol. The molecule has 1 aliphatic carbocycles. The van der Waals surface area contributed by atoms with Gasteiger partial charge < -0.3 is 20.6 Å². The number of aromatic nitrogens is 2. The number of carbonyl (C=O) groups is 1. The van der Waals surface area contributed by atoms with Crippen molar-refractivity contribution in [2.75, 3.05) is 26.0 Å². The first kappa shape index (κ1) is 18.1. The number of nitrogens with zero attached hydrogens (tertiary/aromatic N) is 3. The minimum Gasteiger partial charge on any atom is -0.391 e. The average Bonchev–Trinajstić information content (AvgIpc) is 2.83.